The van der Waals surface area contributed by atoms with Gasteiger partial charge in [0.05, 0.1) is 39.0 Å². The summed E-state index contributed by atoms with van der Waals surface area (Å²) in [5.41, 5.74) is 7.02. The maximum absolute atomic E-state index is 9.49. The zero-order valence-corrected chi connectivity index (χ0v) is 11.3. The minimum Gasteiger partial charge on any atom is -0.496 e. The van der Waals surface area contributed by atoms with Crippen LogP contribution in [-0.4, -0.2) is 56.1 Å². The molecule has 1 fully saturated rings. The highest BCUT2D eigenvalue weighted by molar-refractivity contribution is 5.36. The van der Waals surface area contributed by atoms with E-state index in [2.05, 4.69) is 4.90 Å². The Morgan fingerprint density at radius 2 is 2.32 bits per heavy atom. The number of benzene rings is 1. The Hall–Kier alpha value is -1.14. The molecule has 0 bridgehead atoms. The van der Waals surface area contributed by atoms with Crippen LogP contribution in [0.3, 0.4) is 0 Å². The van der Waals surface area contributed by atoms with Gasteiger partial charge in [0.25, 0.3) is 0 Å². The second-order valence-corrected chi connectivity index (χ2v) is 4.64. The van der Waals surface area contributed by atoms with Crippen molar-refractivity contribution in [3.8, 4) is 5.75 Å². The molecule has 1 aliphatic heterocycles. The number of hydrogen-bond acceptors (Lipinski definition) is 5. The van der Waals surface area contributed by atoms with Crippen molar-refractivity contribution in [1.29, 1.82) is 0 Å². The molecule has 1 saturated heterocycles. The Balaban J connectivity index is 2.27. The average molecular weight is 266 g/mol. The summed E-state index contributed by atoms with van der Waals surface area (Å²) in [6, 6.07) is 7.92. The van der Waals surface area contributed by atoms with Crippen molar-refractivity contribution >= 4 is 0 Å². The van der Waals surface area contributed by atoms with Crippen LogP contribution in [0.5, 0.6) is 5.75 Å². The van der Waals surface area contributed by atoms with Crippen LogP contribution in [0.15, 0.2) is 24.3 Å². The highest BCUT2D eigenvalue weighted by atomic mass is 16.5. The molecule has 1 aromatic carbocycles. The second-order valence-electron chi connectivity index (χ2n) is 4.64. The van der Waals surface area contributed by atoms with Crippen molar-refractivity contribution < 1.29 is 14.6 Å². The normalized spacial score (nSPS) is 22.2. The van der Waals surface area contributed by atoms with Gasteiger partial charge >= 0.3 is 0 Å². The van der Waals surface area contributed by atoms with Crippen molar-refractivity contribution in [3.05, 3.63) is 29.8 Å². The van der Waals surface area contributed by atoms with E-state index in [-0.39, 0.29) is 18.7 Å². The van der Waals surface area contributed by atoms with Crippen molar-refractivity contribution in [3.63, 3.8) is 0 Å². The Morgan fingerprint density at radius 1 is 1.53 bits per heavy atom. The van der Waals surface area contributed by atoms with Crippen LogP contribution in [-0.2, 0) is 4.74 Å². The third-order valence-corrected chi connectivity index (χ3v) is 3.61. The van der Waals surface area contributed by atoms with Crippen LogP contribution >= 0.6 is 0 Å². The number of hydrogen-bond donors (Lipinski definition) is 2. The summed E-state index contributed by atoms with van der Waals surface area (Å²) in [4.78, 5) is 2.21. The number of rotatable bonds is 5. The van der Waals surface area contributed by atoms with E-state index in [1.54, 1.807) is 7.11 Å². The lowest BCUT2D eigenvalue weighted by molar-refractivity contribution is -0.0466. The molecule has 2 rings (SSSR count). The van der Waals surface area contributed by atoms with Crippen LogP contribution in [0, 0.1) is 0 Å². The molecule has 0 aliphatic carbocycles. The Kier molecular flexibility index (Phi) is 5.15. The number of ether oxygens (including phenoxy) is 2. The van der Waals surface area contributed by atoms with Crippen molar-refractivity contribution in [2.75, 3.05) is 40.0 Å². The van der Waals surface area contributed by atoms with Crippen molar-refractivity contribution in [2.24, 2.45) is 5.73 Å². The fourth-order valence-corrected chi connectivity index (χ4v) is 2.62. The van der Waals surface area contributed by atoms with Crippen molar-refractivity contribution in [1.82, 2.24) is 4.90 Å². The van der Waals surface area contributed by atoms with Gasteiger partial charge in [0.2, 0.25) is 0 Å². The smallest absolute Gasteiger partial charge is 0.123 e. The third-order valence-electron chi connectivity index (χ3n) is 3.61. The molecule has 0 radical (unpaired) electrons. The lowest BCUT2D eigenvalue weighted by Crippen LogP contribution is -2.50. The van der Waals surface area contributed by atoms with Gasteiger partial charge in [-0.1, -0.05) is 18.2 Å². The molecule has 2 unspecified atom stereocenters. The van der Waals surface area contributed by atoms with Gasteiger partial charge in [0, 0.05) is 18.7 Å². The number of para-hydroxylation sites is 1. The molecule has 19 heavy (non-hydrogen) atoms. The summed E-state index contributed by atoms with van der Waals surface area (Å²) in [6.45, 7) is 2.54. The summed E-state index contributed by atoms with van der Waals surface area (Å²) in [5, 5.41) is 9.49. The number of morpholine rings is 1. The number of aliphatic hydroxyl groups excluding tert-OH is 1. The van der Waals surface area contributed by atoms with Crippen molar-refractivity contribution in [2.45, 2.75) is 12.1 Å². The van der Waals surface area contributed by atoms with Gasteiger partial charge in [-0.2, -0.15) is 0 Å². The molecule has 106 valence electrons. The molecule has 0 spiro atoms. The molecule has 2 atom stereocenters. The highest BCUT2D eigenvalue weighted by Gasteiger charge is 2.30. The summed E-state index contributed by atoms with van der Waals surface area (Å²) >= 11 is 0. The first-order valence-electron chi connectivity index (χ1n) is 6.59. The fraction of sp³-hybridized carbons (Fsp3) is 0.571. The number of aliphatic hydroxyl groups is 1. The monoisotopic (exact) mass is 266 g/mol. The molecular formula is C14H22N2O3. The summed E-state index contributed by atoms with van der Waals surface area (Å²) in [5.74, 6) is 0.834. The van der Waals surface area contributed by atoms with Gasteiger partial charge in [0.1, 0.15) is 5.75 Å². The highest BCUT2D eigenvalue weighted by Crippen LogP contribution is 2.30. The van der Waals surface area contributed by atoms with Gasteiger partial charge in [-0.05, 0) is 6.07 Å². The summed E-state index contributed by atoms with van der Waals surface area (Å²) < 4.78 is 10.8. The SMILES string of the molecule is COc1ccccc1C(CN)N1CCOCC1CO. The van der Waals surface area contributed by atoms with E-state index in [1.807, 2.05) is 24.3 Å². The third kappa shape index (κ3) is 3.06. The summed E-state index contributed by atoms with van der Waals surface area (Å²) in [7, 11) is 1.66. The quantitative estimate of drug-likeness (QED) is 0.807. The molecule has 5 nitrogen and oxygen atoms in total. The van der Waals surface area contributed by atoms with Gasteiger partial charge in [-0.15, -0.1) is 0 Å². The van der Waals surface area contributed by atoms with E-state index in [0.717, 1.165) is 17.9 Å². The molecule has 1 heterocycles. The predicted molar refractivity (Wildman–Crippen MR) is 73.2 cm³/mol. The molecular weight excluding hydrogens is 244 g/mol. The van der Waals surface area contributed by atoms with Gasteiger partial charge in [-0.3, -0.25) is 4.90 Å². The van der Waals surface area contributed by atoms with Crippen LogP contribution in [0.4, 0.5) is 0 Å². The van der Waals surface area contributed by atoms with Gasteiger partial charge < -0.3 is 20.3 Å². The first-order chi connectivity index (χ1) is 9.31. The topological polar surface area (TPSA) is 68.0 Å². The molecule has 3 N–H and O–H groups in total. The van der Waals surface area contributed by atoms with Gasteiger partial charge in [0.15, 0.2) is 0 Å². The average Bonchev–Trinajstić information content (AvgIpc) is 2.49. The number of nitrogens with zero attached hydrogens (tertiary/aromatic N) is 1. The van der Waals surface area contributed by atoms with E-state index in [4.69, 9.17) is 15.2 Å². The Morgan fingerprint density at radius 3 is 3.00 bits per heavy atom. The fourth-order valence-electron chi connectivity index (χ4n) is 2.62. The lowest BCUT2D eigenvalue weighted by atomic mass is 10.0. The zero-order valence-electron chi connectivity index (χ0n) is 11.3. The maximum Gasteiger partial charge on any atom is 0.123 e. The predicted octanol–water partition coefficient (Wildman–Crippen LogP) is 0.388. The van der Waals surface area contributed by atoms with E-state index in [1.165, 1.54) is 0 Å². The zero-order chi connectivity index (χ0) is 13.7. The van der Waals surface area contributed by atoms with Crippen LogP contribution in [0.25, 0.3) is 0 Å². The molecule has 0 amide bonds. The number of methoxy groups -OCH3 is 1. The Bertz CT molecular complexity index is 400. The largest absolute Gasteiger partial charge is 0.496 e. The molecule has 1 aromatic rings. The number of nitrogens with two attached hydrogens (primary N) is 1. The molecule has 5 heteroatoms. The summed E-state index contributed by atoms with van der Waals surface area (Å²) in [6.07, 6.45) is 0. The first-order valence-corrected chi connectivity index (χ1v) is 6.59. The van der Waals surface area contributed by atoms with E-state index < -0.39 is 0 Å². The van der Waals surface area contributed by atoms with E-state index in [0.29, 0.717) is 19.8 Å². The molecule has 1 aliphatic rings. The van der Waals surface area contributed by atoms with Crippen LogP contribution in [0.1, 0.15) is 11.6 Å². The van der Waals surface area contributed by atoms with Crippen LogP contribution in [0.2, 0.25) is 0 Å². The molecule has 0 aromatic heterocycles. The van der Waals surface area contributed by atoms with E-state index in [9.17, 15) is 5.11 Å². The van der Waals surface area contributed by atoms with Crippen LogP contribution < -0.4 is 10.5 Å². The molecule has 0 saturated carbocycles. The second kappa shape index (κ2) is 6.86. The minimum absolute atomic E-state index is 0.00721. The standard InChI is InChI=1S/C14H22N2O3/c1-18-14-5-3-2-4-12(14)13(8-15)16-6-7-19-10-11(16)9-17/h2-5,11,13,17H,6-10,15H2,1H3. The Labute approximate surface area is 113 Å². The van der Waals surface area contributed by atoms with Gasteiger partial charge in [-0.25, -0.2) is 0 Å². The first kappa shape index (κ1) is 14.3. The minimum atomic E-state index is -0.00721. The maximum atomic E-state index is 9.49. The van der Waals surface area contributed by atoms with E-state index >= 15 is 0 Å². The lowest BCUT2D eigenvalue weighted by Gasteiger charge is -2.40.